The lowest BCUT2D eigenvalue weighted by Gasteiger charge is -2.08. The number of pyridine rings is 1. The summed E-state index contributed by atoms with van der Waals surface area (Å²) in [5.41, 5.74) is 1.77. The molecule has 2 aromatic carbocycles. The fraction of sp³-hybridized carbons (Fsp3) is 0.0526. The van der Waals surface area contributed by atoms with E-state index >= 15 is 0 Å². The molecule has 0 fully saturated rings. The number of rotatable bonds is 4. The number of benzene rings is 2. The van der Waals surface area contributed by atoms with Crippen molar-refractivity contribution in [2.45, 2.75) is 6.92 Å². The van der Waals surface area contributed by atoms with Gasteiger partial charge in [-0.15, -0.1) is 0 Å². The van der Waals surface area contributed by atoms with Crippen LogP contribution >= 0.6 is 0 Å². The maximum Gasteiger partial charge on any atom is 0.269 e. The largest absolute Gasteiger partial charge is 0.322 e. The topological polar surface area (TPSA) is 105 Å². The van der Waals surface area contributed by atoms with Gasteiger partial charge in [-0.25, -0.2) is 0 Å². The van der Waals surface area contributed by atoms with Gasteiger partial charge in [-0.2, -0.15) is 0 Å². The highest BCUT2D eigenvalue weighted by Gasteiger charge is 2.14. The predicted molar refractivity (Wildman–Crippen MR) is 98.3 cm³/mol. The van der Waals surface area contributed by atoms with Crippen molar-refractivity contribution in [3.8, 4) is 11.3 Å². The number of aromatic amines is 1. The van der Waals surface area contributed by atoms with E-state index in [1.807, 2.05) is 30.3 Å². The Kier molecular flexibility index (Phi) is 4.62. The van der Waals surface area contributed by atoms with Crippen molar-refractivity contribution >= 4 is 17.3 Å². The number of nitro benzene ring substituents is 1. The number of nitrogens with one attached hydrogen (secondary N) is 2. The second-order valence-corrected chi connectivity index (χ2v) is 5.69. The number of hydrogen-bond acceptors (Lipinski definition) is 4. The van der Waals surface area contributed by atoms with Crippen LogP contribution in [-0.2, 0) is 0 Å². The van der Waals surface area contributed by atoms with E-state index in [-0.39, 0.29) is 11.3 Å². The maximum atomic E-state index is 12.4. The van der Waals surface area contributed by atoms with E-state index in [1.54, 1.807) is 13.0 Å². The summed E-state index contributed by atoms with van der Waals surface area (Å²) in [5.74, 6) is -0.581. The number of nitro groups is 1. The Balaban J connectivity index is 1.85. The highest BCUT2D eigenvalue weighted by molar-refractivity contribution is 6.04. The summed E-state index contributed by atoms with van der Waals surface area (Å²) in [4.78, 5) is 37.6. The first-order chi connectivity index (χ1) is 12.5. The monoisotopic (exact) mass is 349 g/mol. The first-order valence-corrected chi connectivity index (χ1v) is 7.81. The Morgan fingerprint density at radius 3 is 2.42 bits per heavy atom. The molecule has 3 rings (SSSR count). The van der Waals surface area contributed by atoms with Crippen molar-refractivity contribution in [2.24, 2.45) is 0 Å². The molecule has 1 aromatic heterocycles. The number of hydrogen-bond donors (Lipinski definition) is 2. The van der Waals surface area contributed by atoms with Crippen molar-refractivity contribution < 1.29 is 9.72 Å². The number of nitrogens with zero attached hydrogens (tertiary/aromatic N) is 1. The standard InChI is InChI=1S/C19H15N3O4/c1-12-11-14(22(25)26)7-9-16(12)20-18(23)15-8-10-17(21-19(15)24)13-5-3-2-4-6-13/h2-11H,1H3,(H,20,23)(H,21,24). The van der Waals surface area contributed by atoms with Crippen LogP contribution in [0.1, 0.15) is 15.9 Å². The van der Waals surface area contributed by atoms with Gasteiger partial charge in [0.05, 0.1) is 4.92 Å². The SMILES string of the molecule is Cc1cc([N+](=O)[O-])ccc1NC(=O)c1ccc(-c2ccccc2)[nH]c1=O. The molecule has 7 heteroatoms. The van der Waals surface area contributed by atoms with Crippen LogP contribution in [0.2, 0.25) is 0 Å². The van der Waals surface area contributed by atoms with Gasteiger partial charge >= 0.3 is 0 Å². The summed E-state index contributed by atoms with van der Waals surface area (Å²) >= 11 is 0. The quantitative estimate of drug-likeness (QED) is 0.555. The highest BCUT2D eigenvalue weighted by atomic mass is 16.6. The van der Waals surface area contributed by atoms with E-state index in [4.69, 9.17) is 0 Å². The number of carbonyl (C=O) groups is 1. The van der Waals surface area contributed by atoms with E-state index in [1.165, 1.54) is 24.3 Å². The van der Waals surface area contributed by atoms with Gasteiger partial charge in [0.1, 0.15) is 5.56 Å². The number of anilines is 1. The number of aryl methyl sites for hydroxylation is 1. The molecule has 26 heavy (non-hydrogen) atoms. The molecule has 130 valence electrons. The van der Waals surface area contributed by atoms with E-state index in [9.17, 15) is 19.7 Å². The molecule has 0 spiro atoms. The molecule has 7 nitrogen and oxygen atoms in total. The van der Waals surface area contributed by atoms with Crippen molar-refractivity contribution in [1.29, 1.82) is 0 Å². The average Bonchev–Trinajstić information content (AvgIpc) is 2.63. The molecule has 0 bridgehead atoms. The van der Waals surface area contributed by atoms with Gasteiger partial charge in [0, 0.05) is 23.5 Å². The van der Waals surface area contributed by atoms with E-state index in [0.717, 1.165) is 5.56 Å². The summed E-state index contributed by atoms with van der Waals surface area (Å²) < 4.78 is 0. The first kappa shape index (κ1) is 17.1. The van der Waals surface area contributed by atoms with Gasteiger partial charge < -0.3 is 10.3 Å². The molecule has 0 radical (unpaired) electrons. The number of H-pyrrole nitrogens is 1. The Bertz CT molecular complexity index is 1040. The Labute approximate surface area is 148 Å². The van der Waals surface area contributed by atoms with E-state index in [0.29, 0.717) is 16.9 Å². The van der Waals surface area contributed by atoms with Crippen LogP contribution in [-0.4, -0.2) is 15.8 Å². The van der Waals surface area contributed by atoms with Crippen LogP contribution in [0, 0.1) is 17.0 Å². The van der Waals surface area contributed by atoms with Crippen LogP contribution in [0.25, 0.3) is 11.3 Å². The van der Waals surface area contributed by atoms with E-state index < -0.39 is 16.4 Å². The number of amides is 1. The molecule has 0 aliphatic carbocycles. The summed E-state index contributed by atoms with van der Waals surface area (Å²) in [6, 6.07) is 16.5. The smallest absolute Gasteiger partial charge is 0.269 e. The van der Waals surface area contributed by atoms with E-state index in [2.05, 4.69) is 10.3 Å². The summed E-state index contributed by atoms with van der Waals surface area (Å²) in [5, 5.41) is 13.4. The van der Waals surface area contributed by atoms with Crippen molar-refractivity contribution in [3.05, 3.63) is 92.3 Å². The zero-order valence-electron chi connectivity index (χ0n) is 13.9. The molecule has 0 atom stereocenters. The normalized spacial score (nSPS) is 10.3. The number of carbonyl (C=O) groups excluding carboxylic acids is 1. The molecule has 0 unspecified atom stereocenters. The van der Waals surface area contributed by atoms with Crippen molar-refractivity contribution in [3.63, 3.8) is 0 Å². The minimum atomic E-state index is -0.581. The molecule has 0 aliphatic heterocycles. The molecule has 0 saturated carbocycles. The zero-order chi connectivity index (χ0) is 18.7. The van der Waals surface area contributed by atoms with Crippen molar-refractivity contribution in [1.82, 2.24) is 4.98 Å². The van der Waals surface area contributed by atoms with Crippen LogP contribution in [0.15, 0.2) is 65.5 Å². The third-order valence-corrected chi connectivity index (χ3v) is 3.91. The van der Waals surface area contributed by atoms with Gasteiger partial charge in [-0.1, -0.05) is 30.3 Å². The van der Waals surface area contributed by atoms with Gasteiger partial charge in [-0.3, -0.25) is 19.7 Å². The molecule has 1 heterocycles. The van der Waals surface area contributed by atoms with Gasteiger partial charge in [0.25, 0.3) is 17.2 Å². The zero-order valence-corrected chi connectivity index (χ0v) is 13.9. The second-order valence-electron chi connectivity index (χ2n) is 5.69. The summed E-state index contributed by atoms with van der Waals surface area (Å²) in [6.45, 7) is 1.64. The fourth-order valence-electron chi connectivity index (χ4n) is 2.53. The Morgan fingerprint density at radius 2 is 1.81 bits per heavy atom. The molecule has 1 amide bonds. The van der Waals surface area contributed by atoms with Gasteiger partial charge in [0.15, 0.2) is 0 Å². The first-order valence-electron chi connectivity index (χ1n) is 7.81. The minimum Gasteiger partial charge on any atom is -0.322 e. The lowest BCUT2D eigenvalue weighted by molar-refractivity contribution is -0.384. The third-order valence-electron chi connectivity index (χ3n) is 3.91. The van der Waals surface area contributed by atoms with Gasteiger partial charge in [0.2, 0.25) is 0 Å². The average molecular weight is 349 g/mol. The Hall–Kier alpha value is -3.74. The lowest BCUT2D eigenvalue weighted by atomic mass is 10.1. The number of non-ortho nitro benzene ring substituents is 1. The van der Waals surface area contributed by atoms with Crippen LogP contribution in [0.5, 0.6) is 0 Å². The van der Waals surface area contributed by atoms with Crippen LogP contribution in [0.3, 0.4) is 0 Å². The lowest BCUT2D eigenvalue weighted by Crippen LogP contribution is -2.23. The molecule has 0 saturated heterocycles. The molecular formula is C19H15N3O4. The minimum absolute atomic E-state index is 0.0394. The van der Waals surface area contributed by atoms with Crippen LogP contribution < -0.4 is 10.9 Å². The highest BCUT2D eigenvalue weighted by Crippen LogP contribution is 2.21. The summed E-state index contributed by atoms with van der Waals surface area (Å²) in [7, 11) is 0. The fourth-order valence-corrected chi connectivity index (χ4v) is 2.53. The van der Waals surface area contributed by atoms with Gasteiger partial charge in [-0.05, 0) is 36.2 Å². The van der Waals surface area contributed by atoms with Crippen molar-refractivity contribution in [2.75, 3.05) is 5.32 Å². The molecular weight excluding hydrogens is 334 g/mol. The third kappa shape index (κ3) is 3.51. The molecule has 3 aromatic rings. The maximum absolute atomic E-state index is 12.4. The summed E-state index contributed by atoms with van der Waals surface area (Å²) in [6.07, 6.45) is 0. The van der Waals surface area contributed by atoms with Crippen LogP contribution in [0.4, 0.5) is 11.4 Å². The molecule has 2 N–H and O–H groups in total. The molecule has 0 aliphatic rings. The second kappa shape index (κ2) is 7.02. The number of aromatic nitrogens is 1. The predicted octanol–water partition coefficient (Wildman–Crippen LogP) is 3.51. The Morgan fingerprint density at radius 1 is 1.08 bits per heavy atom.